The third-order valence-corrected chi connectivity index (χ3v) is 5.08. The zero-order valence-corrected chi connectivity index (χ0v) is 16.6. The Morgan fingerprint density at radius 1 is 1.03 bits per heavy atom. The number of methoxy groups -OCH3 is 1. The number of rotatable bonds is 4. The average Bonchev–Trinajstić information content (AvgIpc) is 3.05. The van der Waals surface area contributed by atoms with Crippen molar-refractivity contribution < 1.29 is 19.4 Å². The van der Waals surface area contributed by atoms with Crippen molar-refractivity contribution in [2.45, 2.75) is 13.0 Å². The van der Waals surface area contributed by atoms with Crippen molar-refractivity contribution in [3.63, 3.8) is 0 Å². The third kappa shape index (κ3) is 3.33. The first kappa shape index (κ1) is 19.4. The second kappa shape index (κ2) is 7.83. The number of aliphatic hydroxyl groups excluding tert-OH is 1. The number of aromatic nitrogens is 1. The summed E-state index contributed by atoms with van der Waals surface area (Å²) in [7, 11) is 1.52. The van der Waals surface area contributed by atoms with E-state index in [-0.39, 0.29) is 11.3 Å². The number of nitrogens with zero attached hydrogens (tertiary/aromatic N) is 2. The Hall–Kier alpha value is -3.93. The van der Waals surface area contributed by atoms with Crippen LogP contribution >= 0.6 is 0 Å². The van der Waals surface area contributed by atoms with Crippen LogP contribution in [0.4, 0.5) is 5.82 Å². The van der Waals surface area contributed by atoms with E-state index in [1.807, 2.05) is 31.2 Å². The largest absolute Gasteiger partial charge is 0.507 e. The number of carbonyl (C=O) groups excluding carboxylic acids is 2. The van der Waals surface area contributed by atoms with Gasteiger partial charge in [-0.25, -0.2) is 4.98 Å². The maximum atomic E-state index is 13.0. The van der Waals surface area contributed by atoms with Gasteiger partial charge in [0.1, 0.15) is 17.3 Å². The molecule has 1 aromatic heterocycles. The van der Waals surface area contributed by atoms with Crippen molar-refractivity contribution in [2.75, 3.05) is 12.0 Å². The first-order valence-corrected chi connectivity index (χ1v) is 9.44. The fraction of sp³-hybridized carbons (Fsp3) is 0.125. The third-order valence-electron chi connectivity index (χ3n) is 5.08. The minimum absolute atomic E-state index is 0.0164. The Morgan fingerprint density at radius 3 is 2.47 bits per heavy atom. The number of anilines is 1. The molecule has 1 amide bonds. The van der Waals surface area contributed by atoms with Gasteiger partial charge < -0.3 is 9.84 Å². The standard InChI is InChI=1S/C24H20N2O4/c1-15-9-11-16(12-10-15)21-20(22(27)17-6-5-7-18(14-17)30-2)23(28)24(29)26(21)19-8-3-4-13-25-19/h3-14,21,27H,1-2H3/b22-20+. The number of ether oxygens (including phenoxy) is 1. The highest BCUT2D eigenvalue weighted by atomic mass is 16.5. The predicted molar refractivity (Wildman–Crippen MR) is 113 cm³/mol. The minimum atomic E-state index is -0.799. The van der Waals surface area contributed by atoms with Gasteiger partial charge in [0.05, 0.1) is 18.7 Å². The summed E-state index contributed by atoms with van der Waals surface area (Å²) in [5, 5.41) is 11.1. The number of hydrogen-bond acceptors (Lipinski definition) is 5. The molecule has 1 N–H and O–H groups in total. The number of amides is 1. The molecule has 0 radical (unpaired) electrons. The van der Waals surface area contributed by atoms with Gasteiger partial charge in [-0.1, -0.05) is 48.0 Å². The fourth-order valence-electron chi connectivity index (χ4n) is 3.56. The highest BCUT2D eigenvalue weighted by Crippen LogP contribution is 2.41. The van der Waals surface area contributed by atoms with E-state index in [1.54, 1.807) is 48.7 Å². The number of carbonyl (C=O) groups is 2. The van der Waals surface area contributed by atoms with Gasteiger partial charge in [-0.3, -0.25) is 14.5 Å². The lowest BCUT2D eigenvalue weighted by atomic mass is 9.94. The predicted octanol–water partition coefficient (Wildman–Crippen LogP) is 4.02. The first-order chi connectivity index (χ1) is 14.5. The van der Waals surface area contributed by atoms with Gasteiger partial charge in [-0.2, -0.15) is 0 Å². The molecule has 1 fully saturated rings. The second-order valence-corrected chi connectivity index (χ2v) is 7.00. The highest BCUT2D eigenvalue weighted by Gasteiger charge is 2.47. The Bertz CT molecular complexity index is 1140. The van der Waals surface area contributed by atoms with Gasteiger partial charge >= 0.3 is 5.91 Å². The van der Waals surface area contributed by atoms with E-state index >= 15 is 0 Å². The zero-order chi connectivity index (χ0) is 21.3. The van der Waals surface area contributed by atoms with Crippen molar-refractivity contribution >= 4 is 23.3 Å². The SMILES string of the molecule is COc1cccc(/C(O)=C2\C(=O)C(=O)N(c3ccccn3)C2c2ccc(C)cc2)c1. The van der Waals surface area contributed by atoms with Crippen LogP contribution in [0.1, 0.15) is 22.7 Å². The van der Waals surface area contributed by atoms with Crippen LogP contribution in [0.25, 0.3) is 5.76 Å². The van der Waals surface area contributed by atoms with Gasteiger partial charge in [0.2, 0.25) is 0 Å². The molecule has 2 heterocycles. The number of aliphatic hydroxyl groups is 1. The molecular formula is C24H20N2O4. The van der Waals surface area contributed by atoms with Crippen molar-refractivity contribution in [3.05, 3.63) is 95.2 Å². The smallest absolute Gasteiger partial charge is 0.301 e. The Labute approximate surface area is 174 Å². The molecule has 4 rings (SSSR count). The lowest BCUT2D eigenvalue weighted by Gasteiger charge is -2.24. The van der Waals surface area contributed by atoms with E-state index in [4.69, 9.17) is 4.74 Å². The average molecular weight is 400 g/mol. The summed E-state index contributed by atoms with van der Waals surface area (Å²) in [6, 6.07) is 18.6. The normalized spacial score (nSPS) is 17.9. The molecule has 1 aliphatic rings. The molecule has 30 heavy (non-hydrogen) atoms. The summed E-state index contributed by atoms with van der Waals surface area (Å²) in [5.41, 5.74) is 2.16. The van der Waals surface area contributed by atoms with Crippen LogP contribution in [0.3, 0.4) is 0 Å². The molecule has 1 atom stereocenters. The molecule has 1 aliphatic heterocycles. The summed E-state index contributed by atoms with van der Waals surface area (Å²) in [4.78, 5) is 31.6. The number of hydrogen-bond donors (Lipinski definition) is 1. The summed E-state index contributed by atoms with van der Waals surface area (Å²) < 4.78 is 5.22. The topological polar surface area (TPSA) is 79.7 Å². The minimum Gasteiger partial charge on any atom is -0.507 e. The highest BCUT2D eigenvalue weighted by molar-refractivity contribution is 6.51. The van der Waals surface area contributed by atoms with Crippen molar-refractivity contribution in [3.8, 4) is 5.75 Å². The fourth-order valence-corrected chi connectivity index (χ4v) is 3.56. The number of aryl methyl sites for hydroxylation is 1. The van der Waals surface area contributed by atoms with Crippen LogP contribution < -0.4 is 9.64 Å². The Balaban J connectivity index is 1.94. The van der Waals surface area contributed by atoms with Gasteiger partial charge in [0.15, 0.2) is 0 Å². The molecule has 6 nitrogen and oxygen atoms in total. The summed E-state index contributed by atoms with van der Waals surface area (Å²) in [6.07, 6.45) is 1.56. The molecule has 0 spiro atoms. The maximum absolute atomic E-state index is 13.0. The van der Waals surface area contributed by atoms with Crippen LogP contribution in [0.15, 0.2) is 78.5 Å². The van der Waals surface area contributed by atoms with Crippen molar-refractivity contribution in [1.29, 1.82) is 0 Å². The zero-order valence-electron chi connectivity index (χ0n) is 16.6. The quantitative estimate of drug-likeness (QED) is 0.406. The Kier molecular flexibility index (Phi) is 5.06. The van der Waals surface area contributed by atoms with Crippen LogP contribution in [-0.2, 0) is 9.59 Å². The van der Waals surface area contributed by atoms with Gasteiger partial charge in [-0.15, -0.1) is 0 Å². The number of ketones is 1. The van der Waals surface area contributed by atoms with Gasteiger partial charge in [0, 0.05) is 11.8 Å². The molecule has 2 aromatic carbocycles. The van der Waals surface area contributed by atoms with Crippen LogP contribution in [0.2, 0.25) is 0 Å². The molecule has 1 saturated heterocycles. The Morgan fingerprint density at radius 2 is 1.80 bits per heavy atom. The molecule has 0 aliphatic carbocycles. The second-order valence-electron chi connectivity index (χ2n) is 7.00. The van der Waals surface area contributed by atoms with Gasteiger partial charge in [0.25, 0.3) is 5.78 Å². The summed E-state index contributed by atoms with van der Waals surface area (Å²) in [5.74, 6) is -0.869. The molecule has 0 bridgehead atoms. The van der Waals surface area contributed by atoms with Crippen LogP contribution in [-0.4, -0.2) is 28.9 Å². The summed E-state index contributed by atoms with van der Waals surface area (Å²) >= 11 is 0. The molecule has 0 saturated carbocycles. The summed E-state index contributed by atoms with van der Waals surface area (Å²) in [6.45, 7) is 1.95. The molecule has 1 unspecified atom stereocenters. The number of benzene rings is 2. The van der Waals surface area contributed by atoms with E-state index in [2.05, 4.69) is 4.98 Å². The molecule has 6 heteroatoms. The van der Waals surface area contributed by atoms with Crippen LogP contribution in [0.5, 0.6) is 5.75 Å². The lowest BCUT2D eigenvalue weighted by molar-refractivity contribution is -0.132. The van der Waals surface area contributed by atoms with Crippen molar-refractivity contribution in [2.24, 2.45) is 0 Å². The van der Waals surface area contributed by atoms with E-state index in [1.165, 1.54) is 12.0 Å². The molecular weight excluding hydrogens is 380 g/mol. The van der Waals surface area contributed by atoms with E-state index < -0.39 is 17.7 Å². The van der Waals surface area contributed by atoms with Crippen molar-refractivity contribution in [1.82, 2.24) is 4.98 Å². The maximum Gasteiger partial charge on any atom is 0.301 e. The first-order valence-electron chi connectivity index (χ1n) is 9.44. The van der Waals surface area contributed by atoms with Crippen LogP contribution in [0, 0.1) is 6.92 Å². The monoisotopic (exact) mass is 400 g/mol. The van der Waals surface area contributed by atoms with E-state index in [9.17, 15) is 14.7 Å². The molecule has 150 valence electrons. The number of Topliss-reactive ketones (excluding diaryl/α,β-unsaturated/α-hetero) is 1. The number of pyridine rings is 1. The lowest BCUT2D eigenvalue weighted by Crippen LogP contribution is -2.30. The molecule has 3 aromatic rings. The van der Waals surface area contributed by atoms with E-state index in [0.29, 0.717) is 22.7 Å². The van der Waals surface area contributed by atoms with Gasteiger partial charge in [-0.05, 0) is 36.8 Å². The van der Waals surface area contributed by atoms with E-state index in [0.717, 1.165) is 5.56 Å².